The van der Waals surface area contributed by atoms with Crippen LogP contribution in [0.4, 0.5) is 0 Å². The van der Waals surface area contributed by atoms with Crippen LogP contribution >= 0.6 is 0 Å². The van der Waals surface area contributed by atoms with Crippen molar-refractivity contribution in [3.63, 3.8) is 0 Å². The highest BCUT2D eigenvalue weighted by atomic mass is 15.2. The van der Waals surface area contributed by atoms with Gasteiger partial charge in [0.25, 0.3) is 0 Å². The van der Waals surface area contributed by atoms with Gasteiger partial charge in [-0.1, -0.05) is 36.4 Å². The Morgan fingerprint density at radius 2 is 2.00 bits per heavy atom. The van der Waals surface area contributed by atoms with Crippen molar-refractivity contribution in [2.75, 3.05) is 32.7 Å². The van der Waals surface area contributed by atoms with E-state index in [4.69, 9.17) is 0 Å². The maximum absolute atomic E-state index is 4.58. The Bertz CT molecular complexity index is 700. The fourth-order valence-corrected chi connectivity index (χ4v) is 3.43. The van der Waals surface area contributed by atoms with Gasteiger partial charge in [-0.3, -0.25) is 9.88 Å². The van der Waals surface area contributed by atoms with E-state index < -0.39 is 0 Å². The zero-order valence-corrected chi connectivity index (χ0v) is 12.8. The van der Waals surface area contributed by atoms with E-state index in [1.165, 1.54) is 27.9 Å². The van der Waals surface area contributed by atoms with Gasteiger partial charge in [-0.15, -0.1) is 0 Å². The monoisotopic (exact) mass is 291 g/mol. The molecule has 1 aliphatic carbocycles. The van der Waals surface area contributed by atoms with Crippen molar-refractivity contribution >= 4 is 6.08 Å². The van der Waals surface area contributed by atoms with Crippen molar-refractivity contribution in [3.05, 3.63) is 59.4 Å². The molecule has 112 valence electrons. The maximum Gasteiger partial charge on any atom is 0.0531 e. The minimum atomic E-state index is 0.963. The van der Waals surface area contributed by atoms with Gasteiger partial charge < -0.3 is 5.32 Å². The van der Waals surface area contributed by atoms with Crippen molar-refractivity contribution in [3.8, 4) is 11.1 Å². The molecule has 0 bridgehead atoms. The summed E-state index contributed by atoms with van der Waals surface area (Å²) in [5, 5.41) is 3.39. The average molecular weight is 291 g/mol. The normalized spacial score (nSPS) is 17.6. The fourth-order valence-electron chi connectivity index (χ4n) is 3.43. The number of benzene rings is 1. The second kappa shape index (κ2) is 6.03. The molecule has 1 aromatic carbocycles. The van der Waals surface area contributed by atoms with Gasteiger partial charge in [-0.2, -0.15) is 0 Å². The van der Waals surface area contributed by atoms with Crippen LogP contribution in [-0.4, -0.2) is 42.6 Å². The zero-order valence-electron chi connectivity index (χ0n) is 12.8. The third-order valence-corrected chi connectivity index (χ3v) is 4.58. The lowest BCUT2D eigenvalue weighted by molar-refractivity contribution is 0.265. The Morgan fingerprint density at radius 3 is 2.91 bits per heavy atom. The van der Waals surface area contributed by atoms with E-state index in [1.54, 1.807) is 0 Å². The van der Waals surface area contributed by atoms with E-state index in [0.717, 1.165) is 39.1 Å². The third-order valence-electron chi connectivity index (χ3n) is 4.58. The molecule has 0 atom stereocenters. The van der Waals surface area contributed by atoms with Gasteiger partial charge in [0, 0.05) is 50.9 Å². The summed E-state index contributed by atoms with van der Waals surface area (Å²) in [4.78, 5) is 7.07. The van der Waals surface area contributed by atoms with Crippen molar-refractivity contribution < 1.29 is 0 Å². The van der Waals surface area contributed by atoms with E-state index in [2.05, 4.69) is 57.7 Å². The molecule has 0 radical (unpaired) electrons. The molecule has 0 unspecified atom stereocenters. The topological polar surface area (TPSA) is 28.2 Å². The predicted molar refractivity (Wildman–Crippen MR) is 90.8 cm³/mol. The lowest BCUT2D eigenvalue weighted by Crippen LogP contribution is -2.43. The smallest absolute Gasteiger partial charge is 0.0531 e. The first-order valence-corrected chi connectivity index (χ1v) is 8.07. The quantitative estimate of drug-likeness (QED) is 0.804. The minimum absolute atomic E-state index is 0.963. The number of nitrogens with one attached hydrogen (secondary N) is 1. The van der Waals surface area contributed by atoms with E-state index in [0.29, 0.717) is 0 Å². The Kier molecular flexibility index (Phi) is 3.75. The highest BCUT2D eigenvalue weighted by molar-refractivity contribution is 5.83. The van der Waals surface area contributed by atoms with Crippen molar-refractivity contribution in [1.29, 1.82) is 0 Å². The summed E-state index contributed by atoms with van der Waals surface area (Å²) >= 11 is 0. The van der Waals surface area contributed by atoms with Crippen LogP contribution in [0.5, 0.6) is 0 Å². The van der Waals surface area contributed by atoms with Crippen LogP contribution in [0.3, 0.4) is 0 Å². The van der Waals surface area contributed by atoms with Crippen LogP contribution in [0, 0.1) is 0 Å². The number of nitrogens with zero attached hydrogens (tertiary/aromatic N) is 2. The molecule has 1 aromatic heterocycles. The lowest BCUT2D eigenvalue weighted by Gasteiger charge is -2.25. The summed E-state index contributed by atoms with van der Waals surface area (Å²) in [5.74, 6) is 0. The molecule has 0 saturated carbocycles. The first-order chi connectivity index (χ1) is 10.9. The van der Waals surface area contributed by atoms with E-state index in [9.17, 15) is 0 Å². The molecule has 3 heteroatoms. The molecule has 22 heavy (non-hydrogen) atoms. The first-order valence-electron chi connectivity index (χ1n) is 8.07. The van der Waals surface area contributed by atoms with E-state index >= 15 is 0 Å². The standard InChI is InChI=1S/C19H21N3/c1-2-6-17-16(4-1)14-18-19(17)15(7-8-21-18)5-3-11-22-12-9-20-10-13-22/h1-8,20H,9-14H2/b5-3+. The summed E-state index contributed by atoms with van der Waals surface area (Å²) in [6.07, 6.45) is 7.46. The number of pyridine rings is 1. The molecule has 1 N–H and O–H groups in total. The molecule has 3 nitrogen and oxygen atoms in total. The number of hydrogen-bond acceptors (Lipinski definition) is 3. The Balaban J connectivity index is 1.58. The molecule has 0 spiro atoms. The van der Waals surface area contributed by atoms with Crippen LogP contribution in [0.1, 0.15) is 16.8 Å². The van der Waals surface area contributed by atoms with Gasteiger partial charge >= 0.3 is 0 Å². The van der Waals surface area contributed by atoms with Crippen LogP contribution in [0.2, 0.25) is 0 Å². The lowest BCUT2D eigenvalue weighted by atomic mass is 10.0. The predicted octanol–water partition coefficient (Wildman–Crippen LogP) is 2.57. The third kappa shape index (κ3) is 2.58. The summed E-state index contributed by atoms with van der Waals surface area (Å²) in [7, 11) is 0. The molecule has 4 rings (SSSR count). The van der Waals surface area contributed by atoms with Crippen molar-refractivity contribution in [2.45, 2.75) is 6.42 Å². The maximum atomic E-state index is 4.58. The van der Waals surface area contributed by atoms with Gasteiger partial charge in [-0.25, -0.2) is 0 Å². The van der Waals surface area contributed by atoms with Crippen LogP contribution in [0.15, 0.2) is 42.6 Å². The first kappa shape index (κ1) is 13.7. The molecule has 0 amide bonds. The number of rotatable bonds is 3. The average Bonchev–Trinajstić information content (AvgIpc) is 2.95. The Morgan fingerprint density at radius 1 is 1.14 bits per heavy atom. The van der Waals surface area contributed by atoms with Gasteiger partial charge in [0.15, 0.2) is 0 Å². The van der Waals surface area contributed by atoms with Gasteiger partial charge in [0.1, 0.15) is 0 Å². The van der Waals surface area contributed by atoms with Crippen LogP contribution < -0.4 is 5.32 Å². The molecular formula is C19H21N3. The Hall–Kier alpha value is -1.97. The SMILES string of the molecule is C(=C\c1ccnc2c1-c1ccccc1C2)/CN1CCNCC1. The molecule has 2 heterocycles. The van der Waals surface area contributed by atoms with Crippen LogP contribution in [0.25, 0.3) is 17.2 Å². The van der Waals surface area contributed by atoms with Crippen LogP contribution in [-0.2, 0) is 6.42 Å². The minimum Gasteiger partial charge on any atom is -0.314 e. The van der Waals surface area contributed by atoms with E-state index in [1.807, 2.05) is 6.20 Å². The molecule has 1 aliphatic heterocycles. The summed E-state index contributed by atoms with van der Waals surface area (Å²) in [6, 6.07) is 10.8. The molecule has 2 aliphatic rings. The molecular weight excluding hydrogens is 270 g/mol. The zero-order chi connectivity index (χ0) is 14.8. The molecule has 2 aromatic rings. The van der Waals surface area contributed by atoms with Crippen molar-refractivity contribution in [1.82, 2.24) is 15.2 Å². The Labute approximate surface area is 131 Å². The van der Waals surface area contributed by atoms with Gasteiger partial charge in [0.05, 0.1) is 5.69 Å². The number of hydrogen-bond donors (Lipinski definition) is 1. The summed E-state index contributed by atoms with van der Waals surface area (Å²) < 4.78 is 0. The van der Waals surface area contributed by atoms with Gasteiger partial charge in [-0.05, 0) is 22.8 Å². The number of fused-ring (bicyclic) bond motifs is 3. The second-order valence-corrected chi connectivity index (χ2v) is 6.01. The van der Waals surface area contributed by atoms with Crippen molar-refractivity contribution in [2.24, 2.45) is 0 Å². The van der Waals surface area contributed by atoms with E-state index in [-0.39, 0.29) is 0 Å². The largest absolute Gasteiger partial charge is 0.314 e. The highest BCUT2D eigenvalue weighted by Gasteiger charge is 2.20. The fraction of sp³-hybridized carbons (Fsp3) is 0.316. The molecule has 1 fully saturated rings. The number of aromatic nitrogens is 1. The summed E-state index contributed by atoms with van der Waals surface area (Å²) in [5.41, 5.74) is 6.59. The molecule has 1 saturated heterocycles. The second-order valence-electron chi connectivity index (χ2n) is 6.01. The highest BCUT2D eigenvalue weighted by Crippen LogP contribution is 2.37. The summed E-state index contributed by atoms with van der Waals surface area (Å²) in [6.45, 7) is 5.52. The van der Waals surface area contributed by atoms with Gasteiger partial charge in [0.2, 0.25) is 0 Å². The number of piperazine rings is 1.